The van der Waals surface area contributed by atoms with Crippen LogP contribution in [-0.4, -0.2) is 0 Å². The first kappa shape index (κ1) is 14.3. The SMILES string of the molecule is CC(C)Cc1ccc2c(c1)CNC(c1ccccc1)C2C. The number of hydrogen-bond acceptors (Lipinski definition) is 1. The Morgan fingerprint density at radius 2 is 1.86 bits per heavy atom. The zero-order valence-electron chi connectivity index (χ0n) is 13.3. The molecule has 0 bridgehead atoms. The second kappa shape index (κ2) is 6.03. The van der Waals surface area contributed by atoms with E-state index >= 15 is 0 Å². The van der Waals surface area contributed by atoms with Gasteiger partial charge in [0, 0.05) is 18.5 Å². The van der Waals surface area contributed by atoms with Gasteiger partial charge in [-0.1, -0.05) is 69.3 Å². The molecule has 0 saturated carbocycles. The normalized spacial score (nSPS) is 21.3. The van der Waals surface area contributed by atoms with Crippen molar-refractivity contribution >= 4 is 0 Å². The van der Waals surface area contributed by atoms with E-state index in [1.54, 1.807) is 0 Å². The van der Waals surface area contributed by atoms with Gasteiger partial charge in [-0.3, -0.25) is 0 Å². The average molecular weight is 279 g/mol. The highest BCUT2D eigenvalue weighted by Gasteiger charge is 2.26. The third-order valence-corrected chi connectivity index (χ3v) is 4.51. The van der Waals surface area contributed by atoms with Gasteiger partial charge in [0.05, 0.1) is 0 Å². The van der Waals surface area contributed by atoms with Crippen molar-refractivity contribution < 1.29 is 0 Å². The van der Waals surface area contributed by atoms with Gasteiger partial charge in [-0.05, 0) is 34.6 Å². The Hall–Kier alpha value is -1.60. The van der Waals surface area contributed by atoms with E-state index in [1.165, 1.54) is 28.7 Å². The molecule has 2 atom stereocenters. The van der Waals surface area contributed by atoms with Crippen LogP contribution in [0.15, 0.2) is 48.5 Å². The van der Waals surface area contributed by atoms with Crippen molar-refractivity contribution in [1.82, 2.24) is 5.32 Å². The maximum atomic E-state index is 3.72. The molecule has 2 aromatic carbocycles. The van der Waals surface area contributed by atoms with Gasteiger partial charge in [-0.15, -0.1) is 0 Å². The minimum atomic E-state index is 0.426. The maximum Gasteiger partial charge on any atom is 0.0389 e. The zero-order chi connectivity index (χ0) is 14.8. The minimum absolute atomic E-state index is 0.426. The first-order valence-electron chi connectivity index (χ1n) is 8.05. The third kappa shape index (κ3) is 3.03. The number of hydrogen-bond donors (Lipinski definition) is 1. The first-order chi connectivity index (χ1) is 10.1. The van der Waals surface area contributed by atoms with Gasteiger partial charge >= 0.3 is 0 Å². The lowest BCUT2D eigenvalue weighted by molar-refractivity contribution is 0.433. The Morgan fingerprint density at radius 3 is 2.57 bits per heavy atom. The molecular weight excluding hydrogens is 254 g/mol. The van der Waals surface area contributed by atoms with E-state index in [0.717, 1.165) is 6.54 Å². The summed E-state index contributed by atoms with van der Waals surface area (Å²) in [5.74, 6) is 1.23. The predicted octanol–water partition coefficient (Wildman–Crippen LogP) is 4.83. The Morgan fingerprint density at radius 1 is 1.10 bits per heavy atom. The molecule has 1 heteroatoms. The van der Waals surface area contributed by atoms with Gasteiger partial charge in [-0.25, -0.2) is 0 Å². The highest BCUT2D eigenvalue weighted by atomic mass is 14.9. The molecule has 1 nitrogen and oxygen atoms in total. The molecule has 1 aliphatic rings. The molecule has 21 heavy (non-hydrogen) atoms. The lowest BCUT2D eigenvalue weighted by Gasteiger charge is -2.33. The Kier molecular flexibility index (Phi) is 4.12. The summed E-state index contributed by atoms with van der Waals surface area (Å²) < 4.78 is 0. The standard InChI is InChI=1S/C20H25N/c1-14(2)11-16-9-10-19-15(3)20(21-13-18(19)12-16)17-7-5-4-6-8-17/h4-10,12,14-15,20-21H,11,13H2,1-3H3. The van der Waals surface area contributed by atoms with Gasteiger partial charge in [0.15, 0.2) is 0 Å². The molecule has 3 rings (SSSR count). The molecule has 2 aromatic rings. The fourth-order valence-corrected chi connectivity index (χ4v) is 3.50. The van der Waals surface area contributed by atoms with Crippen LogP contribution < -0.4 is 5.32 Å². The quantitative estimate of drug-likeness (QED) is 0.848. The smallest absolute Gasteiger partial charge is 0.0389 e. The summed E-state index contributed by atoms with van der Waals surface area (Å²) in [4.78, 5) is 0. The minimum Gasteiger partial charge on any atom is -0.305 e. The first-order valence-corrected chi connectivity index (χ1v) is 8.05. The van der Waals surface area contributed by atoms with Crippen molar-refractivity contribution in [1.29, 1.82) is 0 Å². The average Bonchev–Trinajstić information content (AvgIpc) is 2.48. The summed E-state index contributed by atoms with van der Waals surface area (Å²) in [6, 6.07) is 18.3. The summed E-state index contributed by atoms with van der Waals surface area (Å²) in [5, 5.41) is 3.72. The van der Waals surface area contributed by atoms with E-state index in [2.05, 4.69) is 74.6 Å². The van der Waals surface area contributed by atoms with Crippen molar-refractivity contribution in [3.8, 4) is 0 Å². The van der Waals surface area contributed by atoms with E-state index in [4.69, 9.17) is 0 Å². The highest BCUT2D eigenvalue weighted by molar-refractivity contribution is 5.39. The van der Waals surface area contributed by atoms with Crippen LogP contribution in [0.2, 0.25) is 0 Å². The summed E-state index contributed by atoms with van der Waals surface area (Å²) >= 11 is 0. The van der Waals surface area contributed by atoms with Crippen molar-refractivity contribution in [2.45, 2.75) is 45.7 Å². The second-order valence-electron chi connectivity index (χ2n) is 6.69. The Bertz CT molecular complexity index is 600. The largest absolute Gasteiger partial charge is 0.305 e. The van der Waals surface area contributed by atoms with E-state index in [0.29, 0.717) is 17.9 Å². The molecule has 0 aromatic heterocycles. The van der Waals surface area contributed by atoms with E-state index in [-0.39, 0.29) is 0 Å². The van der Waals surface area contributed by atoms with Crippen LogP contribution in [0.1, 0.15) is 55.0 Å². The molecule has 0 amide bonds. The van der Waals surface area contributed by atoms with Crippen LogP contribution in [0.4, 0.5) is 0 Å². The van der Waals surface area contributed by atoms with Gasteiger partial charge in [0.25, 0.3) is 0 Å². The van der Waals surface area contributed by atoms with Crippen molar-refractivity contribution in [3.63, 3.8) is 0 Å². The molecule has 0 saturated heterocycles. The molecule has 2 unspecified atom stereocenters. The zero-order valence-corrected chi connectivity index (χ0v) is 13.3. The molecule has 0 radical (unpaired) electrons. The summed E-state index contributed by atoms with van der Waals surface area (Å²) in [6.07, 6.45) is 1.17. The Balaban J connectivity index is 1.87. The van der Waals surface area contributed by atoms with Crippen molar-refractivity contribution in [2.75, 3.05) is 0 Å². The predicted molar refractivity (Wildman–Crippen MR) is 89.4 cm³/mol. The van der Waals surface area contributed by atoms with E-state index in [9.17, 15) is 0 Å². The molecule has 1 N–H and O–H groups in total. The van der Waals surface area contributed by atoms with Gasteiger partial charge in [-0.2, -0.15) is 0 Å². The molecule has 1 heterocycles. The van der Waals surface area contributed by atoms with Crippen LogP contribution in [0.25, 0.3) is 0 Å². The van der Waals surface area contributed by atoms with Gasteiger partial charge < -0.3 is 5.32 Å². The lowest BCUT2D eigenvalue weighted by atomic mass is 9.82. The van der Waals surface area contributed by atoms with Crippen LogP contribution >= 0.6 is 0 Å². The third-order valence-electron chi connectivity index (χ3n) is 4.51. The van der Waals surface area contributed by atoms with Crippen LogP contribution in [-0.2, 0) is 13.0 Å². The number of benzene rings is 2. The fourth-order valence-electron chi connectivity index (χ4n) is 3.50. The molecule has 110 valence electrons. The highest BCUT2D eigenvalue weighted by Crippen LogP contribution is 2.36. The molecule has 0 aliphatic carbocycles. The summed E-state index contributed by atoms with van der Waals surface area (Å²) in [5.41, 5.74) is 5.85. The van der Waals surface area contributed by atoms with Gasteiger partial charge in [0.2, 0.25) is 0 Å². The number of rotatable bonds is 3. The lowest BCUT2D eigenvalue weighted by Crippen LogP contribution is -2.31. The van der Waals surface area contributed by atoms with Crippen molar-refractivity contribution in [3.05, 3.63) is 70.8 Å². The molecule has 0 spiro atoms. The monoisotopic (exact) mass is 279 g/mol. The van der Waals surface area contributed by atoms with E-state index < -0.39 is 0 Å². The molecular formula is C20H25N. The van der Waals surface area contributed by atoms with Crippen LogP contribution in [0.5, 0.6) is 0 Å². The topological polar surface area (TPSA) is 12.0 Å². The second-order valence-corrected chi connectivity index (χ2v) is 6.69. The number of fused-ring (bicyclic) bond motifs is 1. The fraction of sp³-hybridized carbons (Fsp3) is 0.400. The van der Waals surface area contributed by atoms with Crippen LogP contribution in [0, 0.1) is 5.92 Å². The number of nitrogens with one attached hydrogen (secondary N) is 1. The molecule has 1 aliphatic heterocycles. The summed E-state index contributed by atoms with van der Waals surface area (Å²) in [6.45, 7) is 7.88. The van der Waals surface area contributed by atoms with Crippen LogP contribution in [0.3, 0.4) is 0 Å². The van der Waals surface area contributed by atoms with E-state index in [1.807, 2.05) is 0 Å². The van der Waals surface area contributed by atoms with Crippen molar-refractivity contribution in [2.24, 2.45) is 5.92 Å². The maximum absolute atomic E-state index is 3.72. The molecule has 0 fully saturated rings. The van der Waals surface area contributed by atoms with Gasteiger partial charge in [0.1, 0.15) is 0 Å². The Labute approximate surface area is 128 Å². The summed E-state index contributed by atoms with van der Waals surface area (Å²) in [7, 11) is 0.